The van der Waals surface area contributed by atoms with Crippen LogP contribution in [-0.4, -0.2) is 34.7 Å². The van der Waals surface area contributed by atoms with Crippen LogP contribution in [0.15, 0.2) is 55.4 Å². The summed E-state index contributed by atoms with van der Waals surface area (Å²) in [6, 6.07) is 7.00. The van der Waals surface area contributed by atoms with E-state index in [-0.39, 0.29) is 5.82 Å². The molecule has 5 aromatic rings. The summed E-state index contributed by atoms with van der Waals surface area (Å²) in [5.74, 6) is -0.308. The van der Waals surface area contributed by atoms with Gasteiger partial charge in [-0.15, -0.1) is 0 Å². The van der Waals surface area contributed by atoms with E-state index in [1.807, 2.05) is 12.1 Å². The van der Waals surface area contributed by atoms with Gasteiger partial charge in [-0.1, -0.05) is 6.07 Å². The molecule has 5 rings (SSSR count). The van der Waals surface area contributed by atoms with Gasteiger partial charge in [0.2, 0.25) is 0 Å². The van der Waals surface area contributed by atoms with Gasteiger partial charge in [-0.3, -0.25) is 10.1 Å². The van der Waals surface area contributed by atoms with Crippen LogP contribution < -0.4 is 0 Å². The van der Waals surface area contributed by atoms with Crippen LogP contribution in [0.25, 0.3) is 33.5 Å². The Balaban J connectivity index is 1.59. The minimum Gasteiger partial charge on any atom is -0.309 e. The molecule has 0 saturated carbocycles. The number of halogens is 1. The highest BCUT2D eigenvalue weighted by Crippen LogP contribution is 2.21. The number of hydrogen-bond donors (Lipinski definition) is 1. The number of nitrogens with one attached hydrogen (secondary N) is 1. The third-order valence-electron chi connectivity index (χ3n) is 4.23. The van der Waals surface area contributed by atoms with Crippen molar-refractivity contribution in [3.05, 3.63) is 66.8 Å². The zero-order chi connectivity index (χ0) is 17.5. The van der Waals surface area contributed by atoms with E-state index in [9.17, 15) is 4.39 Å². The van der Waals surface area contributed by atoms with Crippen molar-refractivity contribution >= 4 is 22.2 Å². The molecule has 0 amide bonds. The Morgan fingerprint density at radius 2 is 2.08 bits per heavy atom. The molecule has 0 bridgehead atoms. The van der Waals surface area contributed by atoms with Crippen molar-refractivity contribution in [2.24, 2.45) is 0 Å². The van der Waals surface area contributed by atoms with E-state index in [4.69, 9.17) is 0 Å². The predicted molar refractivity (Wildman–Crippen MR) is 93.7 cm³/mol. The summed E-state index contributed by atoms with van der Waals surface area (Å²) in [6.07, 6.45) is 8.33. The number of aromatic amines is 1. The van der Waals surface area contributed by atoms with Crippen LogP contribution in [0.3, 0.4) is 0 Å². The number of fused-ring (bicyclic) bond motifs is 2. The summed E-state index contributed by atoms with van der Waals surface area (Å²) < 4.78 is 16.3. The van der Waals surface area contributed by atoms with Crippen LogP contribution in [0.5, 0.6) is 0 Å². The van der Waals surface area contributed by atoms with Gasteiger partial charge < -0.3 is 4.57 Å². The van der Waals surface area contributed by atoms with Crippen LogP contribution >= 0.6 is 0 Å². The molecule has 0 aliphatic heterocycles. The Labute approximate surface area is 146 Å². The predicted octanol–water partition coefficient (Wildman–Crippen LogP) is 2.95. The van der Waals surface area contributed by atoms with Crippen molar-refractivity contribution in [3.63, 3.8) is 0 Å². The van der Waals surface area contributed by atoms with Crippen molar-refractivity contribution in [1.29, 1.82) is 0 Å². The Hall–Kier alpha value is -3.68. The van der Waals surface area contributed by atoms with Gasteiger partial charge in [0.25, 0.3) is 0 Å². The van der Waals surface area contributed by atoms with Crippen molar-refractivity contribution in [2.45, 2.75) is 6.54 Å². The highest BCUT2D eigenvalue weighted by Gasteiger charge is 2.12. The second kappa shape index (κ2) is 5.69. The van der Waals surface area contributed by atoms with E-state index in [1.165, 1.54) is 6.07 Å². The van der Waals surface area contributed by atoms with Crippen LogP contribution in [0.4, 0.5) is 4.39 Å². The number of rotatable bonds is 3. The van der Waals surface area contributed by atoms with Gasteiger partial charge in [-0.2, -0.15) is 5.10 Å². The molecule has 0 atom stereocenters. The number of hydrogen-bond acceptors (Lipinski definition) is 5. The molecule has 7 nitrogen and oxygen atoms in total. The number of H-pyrrole nitrogens is 1. The SMILES string of the molecule is Fc1cc2ncccc2cc1Cn1cnc2ncc(-c3cn[nH]c3)nc21. The number of nitrogens with zero attached hydrogens (tertiary/aromatic N) is 6. The number of pyridine rings is 1. The average molecular weight is 345 g/mol. The van der Waals surface area contributed by atoms with E-state index >= 15 is 0 Å². The summed E-state index contributed by atoms with van der Waals surface area (Å²) >= 11 is 0. The molecule has 0 aliphatic rings. The number of imidazole rings is 1. The zero-order valence-electron chi connectivity index (χ0n) is 13.5. The molecule has 0 fully saturated rings. The Morgan fingerprint density at radius 3 is 2.96 bits per heavy atom. The van der Waals surface area contributed by atoms with Gasteiger partial charge >= 0.3 is 0 Å². The van der Waals surface area contributed by atoms with Gasteiger partial charge in [-0.25, -0.2) is 19.3 Å². The normalized spacial score (nSPS) is 11.4. The number of aromatic nitrogens is 7. The fourth-order valence-corrected chi connectivity index (χ4v) is 2.93. The van der Waals surface area contributed by atoms with E-state index in [0.717, 1.165) is 10.9 Å². The molecule has 26 heavy (non-hydrogen) atoms. The molecule has 0 spiro atoms. The summed E-state index contributed by atoms with van der Waals surface area (Å²) in [5, 5.41) is 7.57. The smallest absolute Gasteiger partial charge is 0.197 e. The maximum atomic E-state index is 14.5. The topological polar surface area (TPSA) is 85.2 Å². The first-order chi connectivity index (χ1) is 12.8. The molecule has 1 N–H and O–H groups in total. The van der Waals surface area contributed by atoms with Gasteiger partial charge in [0.05, 0.1) is 36.5 Å². The number of benzene rings is 1. The minimum absolute atomic E-state index is 0.302. The maximum Gasteiger partial charge on any atom is 0.197 e. The average Bonchev–Trinajstić information content (AvgIpc) is 3.32. The molecular formula is C18H12FN7. The summed E-state index contributed by atoms with van der Waals surface area (Å²) in [6.45, 7) is 0.302. The maximum absolute atomic E-state index is 14.5. The standard InChI is InChI=1S/C18H12FN7/c19-14-5-15-11(2-1-3-20-15)4-12(14)9-26-10-22-17-18(26)25-16(8-21-17)13-6-23-24-7-13/h1-8,10H,9H2,(H,23,24). The molecule has 8 heteroatoms. The van der Waals surface area contributed by atoms with E-state index < -0.39 is 0 Å². The molecule has 0 aliphatic carbocycles. The summed E-state index contributed by atoms with van der Waals surface area (Å²) in [5.41, 5.74) is 3.78. The lowest BCUT2D eigenvalue weighted by atomic mass is 10.1. The second-order valence-electron chi connectivity index (χ2n) is 5.90. The monoisotopic (exact) mass is 345 g/mol. The minimum atomic E-state index is -0.308. The molecule has 4 aromatic heterocycles. The van der Waals surface area contributed by atoms with Crippen LogP contribution in [-0.2, 0) is 6.54 Å². The van der Waals surface area contributed by atoms with Gasteiger partial charge in [0.1, 0.15) is 5.82 Å². The summed E-state index contributed by atoms with van der Waals surface area (Å²) in [4.78, 5) is 17.4. The van der Waals surface area contributed by atoms with Gasteiger partial charge in [-0.05, 0) is 12.1 Å². The lowest BCUT2D eigenvalue weighted by Gasteiger charge is -2.07. The quantitative estimate of drug-likeness (QED) is 0.543. The van der Waals surface area contributed by atoms with Gasteiger partial charge in [0, 0.05) is 35.0 Å². The molecule has 1 aromatic carbocycles. The first kappa shape index (κ1) is 14.6. The van der Waals surface area contributed by atoms with Crippen molar-refractivity contribution in [2.75, 3.05) is 0 Å². The Morgan fingerprint density at radius 1 is 1.12 bits per heavy atom. The highest BCUT2D eigenvalue weighted by molar-refractivity contribution is 5.79. The van der Waals surface area contributed by atoms with Crippen LogP contribution in [0.2, 0.25) is 0 Å². The van der Waals surface area contributed by atoms with Gasteiger partial charge in [0.15, 0.2) is 11.3 Å². The zero-order valence-corrected chi connectivity index (χ0v) is 13.5. The first-order valence-electron chi connectivity index (χ1n) is 7.98. The van der Waals surface area contributed by atoms with Crippen LogP contribution in [0, 0.1) is 5.82 Å². The lowest BCUT2D eigenvalue weighted by molar-refractivity contribution is 0.603. The third-order valence-corrected chi connectivity index (χ3v) is 4.23. The largest absolute Gasteiger partial charge is 0.309 e. The molecule has 4 heterocycles. The van der Waals surface area contributed by atoms with E-state index in [0.29, 0.717) is 34.6 Å². The Bertz CT molecular complexity index is 1230. The first-order valence-corrected chi connectivity index (χ1v) is 7.98. The molecule has 0 radical (unpaired) electrons. The molecule has 0 saturated heterocycles. The third kappa shape index (κ3) is 2.39. The fraction of sp³-hybridized carbons (Fsp3) is 0.0556. The molecule has 126 valence electrons. The summed E-state index contributed by atoms with van der Waals surface area (Å²) in [7, 11) is 0. The van der Waals surface area contributed by atoms with Crippen molar-refractivity contribution in [1.82, 2.24) is 34.7 Å². The Kier molecular flexibility index (Phi) is 3.21. The molecule has 0 unspecified atom stereocenters. The van der Waals surface area contributed by atoms with Crippen LogP contribution in [0.1, 0.15) is 5.56 Å². The fourth-order valence-electron chi connectivity index (χ4n) is 2.93. The van der Waals surface area contributed by atoms with E-state index in [2.05, 4.69) is 30.1 Å². The van der Waals surface area contributed by atoms with Crippen molar-refractivity contribution in [3.8, 4) is 11.3 Å². The highest BCUT2D eigenvalue weighted by atomic mass is 19.1. The molecular weight excluding hydrogens is 333 g/mol. The van der Waals surface area contributed by atoms with E-state index in [1.54, 1.807) is 41.7 Å². The second-order valence-corrected chi connectivity index (χ2v) is 5.90. The van der Waals surface area contributed by atoms with Crippen molar-refractivity contribution < 1.29 is 4.39 Å². The lowest BCUT2D eigenvalue weighted by Crippen LogP contribution is -2.03.